The minimum Gasteiger partial charge on any atom is -0.293 e. The Hall–Kier alpha value is -1.35. The standard InChI is InChI=1S/C27H45O3/c1-4-5-6-7-8-9-10-11-12-13-14-15-16-17-18-19-22-29-30-27(28)26-21-20-24(2)23-25(26)3/h20-21,23H,1,4-19,22H2,2-3H3. The molecule has 0 atom stereocenters. The zero-order valence-electron chi connectivity index (χ0n) is 19.7. The second-order valence-corrected chi connectivity index (χ2v) is 8.67. The Kier molecular flexibility index (Phi) is 16.4. The number of hydrogen-bond acceptors (Lipinski definition) is 3. The summed E-state index contributed by atoms with van der Waals surface area (Å²) in [5, 5.41) is 0. The third-order valence-corrected chi connectivity index (χ3v) is 5.71. The van der Waals surface area contributed by atoms with Crippen molar-refractivity contribution in [1.82, 2.24) is 0 Å². The van der Waals surface area contributed by atoms with E-state index in [1.165, 1.54) is 83.5 Å². The second-order valence-electron chi connectivity index (χ2n) is 8.67. The van der Waals surface area contributed by atoms with E-state index in [2.05, 4.69) is 6.92 Å². The van der Waals surface area contributed by atoms with Crippen LogP contribution in [0.3, 0.4) is 0 Å². The second kappa shape index (κ2) is 18.4. The Labute approximate surface area is 185 Å². The van der Waals surface area contributed by atoms with Gasteiger partial charge < -0.3 is 0 Å². The van der Waals surface area contributed by atoms with Crippen LogP contribution in [0.1, 0.15) is 124 Å². The number of rotatable bonds is 19. The summed E-state index contributed by atoms with van der Waals surface area (Å²) in [4.78, 5) is 22.0. The molecule has 0 bridgehead atoms. The lowest BCUT2D eigenvalue weighted by atomic mass is 10.0. The number of carbonyl (C=O) groups is 1. The molecular formula is C27H45O3. The molecular weight excluding hydrogens is 372 g/mol. The molecule has 0 aliphatic heterocycles. The number of carbonyl (C=O) groups excluding carboxylic acids is 1. The van der Waals surface area contributed by atoms with Gasteiger partial charge in [-0.15, -0.1) is 0 Å². The smallest absolute Gasteiger partial charge is 0.293 e. The predicted molar refractivity (Wildman–Crippen MR) is 127 cm³/mol. The molecule has 3 heteroatoms. The number of hydrogen-bond donors (Lipinski definition) is 0. The number of benzene rings is 1. The van der Waals surface area contributed by atoms with Crippen molar-refractivity contribution in [2.75, 3.05) is 6.61 Å². The summed E-state index contributed by atoms with van der Waals surface area (Å²) in [6, 6.07) is 5.69. The van der Waals surface area contributed by atoms with Crippen molar-refractivity contribution in [1.29, 1.82) is 0 Å². The van der Waals surface area contributed by atoms with Gasteiger partial charge in [-0.25, -0.2) is 4.79 Å². The van der Waals surface area contributed by atoms with Gasteiger partial charge in [0.2, 0.25) is 0 Å². The maximum atomic E-state index is 12.0. The molecule has 0 unspecified atom stereocenters. The average molecular weight is 418 g/mol. The third kappa shape index (κ3) is 13.8. The summed E-state index contributed by atoms with van der Waals surface area (Å²) in [5.74, 6) is -0.401. The van der Waals surface area contributed by atoms with Crippen LogP contribution in [0.25, 0.3) is 0 Å². The van der Waals surface area contributed by atoms with Crippen molar-refractivity contribution in [2.45, 2.75) is 117 Å². The lowest BCUT2D eigenvalue weighted by molar-refractivity contribution is -0.241. The summed E-state index contributed by atoms with van der Waals surface area (Å²) in [6.07, 6.45) is 20.9. The monoisotopic (exact) mass is 417 g/mol. The van der Waals surface area contributed by atoms with Crippen LogP contribution in [0.5, 0.6) is 0 Å². The molecule has 30 heavy (non-hydrogen) atoms. The molecule has 171 valence electrons. The van der Waals surface area contributed by atoms with Gasteiger partial charge in [-0.1, -0.05) is 121 Å². The highest BCUT2D eigenvalue weighted by Gasteiger charge is 2.11. The molecule has 0 aromatic heterocycles. The molecule has 0 amide bonds. The highest BCUT2D eigenvalue weighted by atomic mass is 17.2. The molecule has 1 rings (SSSR count). The van der Waals surface area contributed by atoms with Crippen molar-refractivity contribution >= 4 is 5.97 Å². The van der Waals surface area contributed by atoms with E-state index in [9.17, 15) is 4.79 Å². The Morgan fingerprint density at radius 1 is 0.733 bits per heavy atom. The molecule has 0 spiro atoms. The number of unbranched alkanes of at least 4 members (excludes halogenated alkanes) is 15. The molecule has 0 aliphatic carbocycles. The molecule has 1 radical (unpaired) electrons. The van der Waals surface area contributed by atoms with E-state index in [-0.39, 0.29) is 0 Å². The molecule has 1 aromatic rings. The van der Waals surface area contributed by atoms with E-state index in [4.69, 9.17) is 9.78 Å². The van der Waals surface area contributed by atoms with Gasteiger partial charge in [0.05, 0.1) is 12.2 Å². The maximum absolute atomic E-state index is 12.0. The van der Waals surface area contributed by atoms with Crippen LogP contribution in [0, 0.1) is 20.8 Å². The summed E-state index contributed by atoms with van der Waals surface area (Å²) in [6.45, 7) is 8.30. The maximum Gasteiger partial charge on any atom is 0.373 e. The molecule has 3 nitrogen and oxygen atoms in total. The fraction of sp³-hybridized carbons (Fsp3) is 0.704. The van der Waals surface area contributed by atoms with E-state index in [0.29, 0.717) is 12.2 Å². The van der Waals surface area contributed by atoms with E-state index in [1.807, 2.05) is 26.0 Å². The average Bonchev–Trinajstić information content (AvgIpc) is 2.72. The quantitative estimate of drug-likeness (QED) is 0.129. The van der Waals surface area contributed by atoms with Crippen LogP contribution in [0.15, 0.2) is 18.2 Å². The normalized spacial score (nSPS) is 11.0. The number of aryl methyl sites for hydroxylation is 2. The largest absolute Gasteiger partial charge is 0.373 e. The predicted octanol–water partition coefficient (Wildman–Crippen LogP) is 8.47. The molecule has 0 heterocycles. The molecule has 0 aliphatic rings. The molecule has 0 fully saturated rings. The zero-order chi connectivity index (χ0) is 21.9. The highest BCUT2D eigenvalue weighted by Crippen LogP contribution is 2.14. The van der Waals surface area contributed by atoms with Gasteiger partial charge >= 0.3 is 5.97 Å². The fourth-order valence-electron chi connectivity index (χ4n) is 3.82. The topological polar surface area (TPSA) is 35.5 Å². The molecule has 0 saturated carbocycles. The van der Waals surface area contributed by atoms with Gasteiger partial charge in [0.1, 0.15) is 0 Å². The minimum atomic E-state index is -0.401. The van der Waals surface area contributed by atoms with Crippen LogP contribution >= 0.6 is 0 Å². The van der Waals surface area contributed by atoms with Crippen molar-refractivity contribution in [3.8, 4) is 0 Å². The molecule has 0 N–H and O–H groups in total. The SMILES string of the molecule is [CH2]CCCCCCCCCCCCCCCCCOOC(=O)c1ccc(C)cc1C. The summed E-state index contributed by atoms with van der Waals surface area (Å²) >= 11 is 0. The van der Waals surface area contributed by atoms with Crippen molar-refractivity contribution < 1.29 is 14.6 Å². The fourth-order valence-corrected chi connectivity index (χ4v) is 3.82. The first-order valence-electron chi connectivity index (χ1n) is 12.4. The van der Waals surface area contributed by atoms with E-state index < -0.39 is 5.97 Å². The first kappa shape index (κ1) is 26.7. The Morgan fingerprint density at radius 3 is 1.67 bits per heavy atom. The summed E-state index contributed by atoms with van der Waals surface area (Å²) < 4.78 is 0. The minimum absolute atomic E-state index is 0.401. The summed E-state index contributed by atoms with van der Waals surface area (Å²) in [7, 11) is 0. The van der Waals surface area contributed by atoms with E-state index >= 15 is 0 Å². The molecule has 1 aromatic carbocycles. The van der Waals surface area contributed by atoms with Crippen LogP contribution < -0.4 is 0 Å². The zero-order valence-corrected chi connectivity index (χ0v) is 19.7. The van der Waals surface area contributed by atoms with Gasteiger partial charge in [-0.2, -0.15) is 4.89 Å². The first-order valence-corrected chi connectivity index (χ1v) is 12.4. The molecule has 0 saturated heterocycles. The van der Waals surface area contributed by atoms with Gasteiger partial charge in [-0.05, 0) is 31.9 Å². The Bertz CT molecular complexity index is 553. The Balaban J connectivity index is 1.82. The van der Waals surface area contributed by atoms with Crippen molar-refractivity contribution in [3.63, 3.8) is 0 Å². The van der Waals surface area contributed by atoms with E-state index in [1.54, 1.807) is 6.07 Å². The lowest BCUT2D eigenvalue weighted by Gasteiger charge is -2.07. The van der Waals surface area contributed by atoms with Crippen LogP contribution in [0.4, 0.5) is 0 Å². The van der Waals surface area contributed by atoms with Gasteiger partial charge in [0.15, 0.2) is 0 Å². The van der Waals surface area contributed by atoms with Gasteiger partial charge in [-0.3, -0.25) is 4.89 Å². The lowest BCUT2D eigenvalue weighted by Crippen LogP contribution is -2.08. The van der Waals surface area contributed by atoms with E-state index in [0.717, 1.165) is 30.4 Å². The first-order chi connectivity index (χ1) is 14.6. The van der Waals surface area contributed by atoms with Crippen molar-refractivity contribution in [3.05, 3.63) is 41.8 Å². The summed E-state index contributed by atoms with van der Waals surface area (Å²) in [5.41, 5.74) is 2.63. The Morgan fingerprint density at radius 2 is 1.20 bits per heavy atom. The van der Waals surface area contributed by atoms with Gasteiger partial charge in [0, 0.05) is 0 Å². The van der Waals surface area contributed by atoms with Gasteiger partial charge in [0.25, 0.3) is 0 Å². The van der Waals surface area contributed by atoms with Crippen LogP contribution in [-0.4, -0.2) is 12.6 Å². The third-order valence-electron chi connectivity index (χ3n) is 5.71. The van der Waals surface area contributed by atoms with Crippen LogP contribution in [-0.2, 0) is 9.78 Å². The van der Waals surface area contributed by atoms with Crippen LogP contribution in [0.2, 0.25) is 0 Å². The highest BCUT2D eigenvalue weighted by molar-refractivity contribution is 5.90. The van der Waals surface area contributed by atoms with Crippen molar-refractivity contribution in [2.24, 2.45) is 0 Å².